The third-order valence-corrected chi connectivity index (χ3v) is 3.75. The fraction of sp³-hybridized carbons (Fsp3) is 0.385. The Bertz CT molecular complexity index is 628. The number of nitrogens with one attached hydrogen (secondary N) is 1. The number of rotatable bonds is 6. The van der Waals surface area contributed by atoms with Gasteiger partial charge in [0.15, 0.2) is 0 Å². The molecule has 19 heavy (non-hydrogen) atoms. The van der Waals surface area contributed by atoms with Crippen LogP contribution in [0.25, 0.3) is 0 Å². The fourth-order valence-corrected chi connectivity index (χ4v) is 2.49. The first kappa shape index (κ1) is 13.8. The highest BCUT2D eigenvalue weighted by atomic mass is 32.1. The summed E-state index contributed by atoms with van der Waals surface area (Å²) in [4.78, 5) is 24.8. The van der Waals surface area contributed by atoms with Gasteiger partial charge in [-0.05, 0) is 18.4 Å². The molecule has 2 rings (SSSR count). The molecule has 2 heterocycles. The van der Waals surface area contributed by atoms with Crippen molar-refractivity contribution in [1.29, 1.82) is 0 Å². The first-order valence-electron chi connectivity index (χ1n) is 6.25. The van der Waals surface area contributed by atoms with Crippen LogP contribution >= 0.6 is 11.3 Å². The van der Waals surface area contributed by atoms with Crippen LogP contribution in [0.5, 0.6) is 0 Å². The van der Waals surface area contributed by atoms with Gasteiger partial charge in [0.25, 0.3) is 5.56 Å². The molecular formula is C13H17N3O2S. The molecule has 0 saturated carbocycles. The van der Waals surface area contributed by atoms with Crippen LogP contribution in [-0.4, -0.2) is 15.7 Å². The lowest BCUT2D eigenvalue weighted by atomic mass is 10.4. The van der Waals surface area contributed by atoms with E-state index >= 15 is 0 Å². The van der Waals surface area contributed by atoms with Crippen LogP contribution in [0, 0.1) is 0 Å². The Morgan fingerprint density at radius 2 is 2.16 bits per heavy atom. The highest BCUT2D eigenvalue weighted by Crippen LogP contribution is 2.06. The predicted octanol–water partition coefficient (Wildman–Crippen LogP) is 0.881. The third kappa shape index (κ3) is 3.42. The second-order valence-corrected chi connectivity index (χ2v) is 5.16. The zero-order valence-electron chi connectivity index (χ0n) is 10.8. The Morgan fingerprint density at radius 1 is 1.32 bits per heavy atom. The third-order valence-electron chi connectivity index (χ3n) is 2.87. The lowest BCUT2D eigenvalue weighted by Crippen LogP contribution is -2.40. The molecular weight excluding hydrogens is 262 g/mol. The average molecular weight is 279 g/mol. The van der Waals surface area contributed by atoms with Crippen molar-refractivity contribution in [3.8, 4) is 0 Å². The van der Waals surface area contributed by atoms with Gasteiger partial charge in [-0.2, -0.15) is 0 Å². The van der Waals surface area contributed by atoms with E-state index < -0.39 is 0 Å². The highest BCUT2D eigenvalue weighted by Gasteiger charge is 2.03. The summed E-state index contributed by atoms with van der Waals surface area (Å²) in [6.45, 7) is 4.21. The number of thiophene rings is 1. The Labute approximate surface area is 115 Å². The van der Waals surface area contributed by atoms with Gasteiger partial charge >= 0.3 is 5.69 Å². The molecule has 6 heteroatoms. The van der Waals surface area contributed by atoms with Gasteiger partial charge in [0, 0.05) is 43.3 Å². The Morgan fingerprint density at radius 3 is 2.84 bits per heavy atom. The van der Waals surface area contributed by atoms with E-state index in [0.717, 1.165) is 6.54 Å². The Hall–Kier alpha value is -1.66. The number of nitrogens with zero attached hydrogens (tertiary/aromatic N) is 2. The molecule has 0 fully saturated rings. The summed E-state index contributed by atoms with van der Waals surface area (Å²) < 4.78 is 2.80. The summed E-state index contributed by atoms with van der Waals surface area (Å²) in [6.07, 6.45) is 1.54. The minimum absolute atomic E-state index is 0.243. The van der Waals surface area contributed by atoms with E-state index in [1.165, 1.54) is 20.1 Å². The molecule has 0 aromatic carbocycles. The number of aromatic nitrogens is 2. The van der Waals surface area contributed by atoms with Crippen molar-refractivity contribution in [3.05, 3.63) is 55.5 Å². The second-order valence-electron chi connectivity index (χ2n) is 4.13. The number of hydrogen-bond acceptors (Lipinski definition) is 4. The summed E-state index contributed by atoms with van der Waals surface area (Å²) >= 11 is 1.68. The molecule has 0 spiro atoms. The van der Waals surface area contributed by atoms with Crippen LogP contribution in [0.15, 0.2) is 39.4 Å². The molecule has 0 aliphatic heterocycles. The van der Waals surface area contributed by atoms with Gasteiger partial charge in [-0.25, -0.2) is 4.79 Å². The van der Waals surface area contributed by atoms with Crippen LogP contribution < -0.4 is 16.6 Å². The van der Waals surface area contributed by atoms with E-state index in [-0.39, 0.29) is 11.2 Å². The van der Waals surface area contributed by atoms with E-state index in [0.29, 0.717) is 19.6 Å². The van der Waals surface area contributed by atoms with Gasteiger partial charge in [0.2, 0.25) is 0 Å². The van der Waals surface area contributed by atoms with Crippen LogP contribution in [0.3, 0.4) is 0 Å². The van der Waals surface area contributed by atoms with Crippen molar-refractivity contribution in [3.63, 3.8) is 0 Å². The summed E-state index contributed by atoms with van der Waals surface area (Å²) in [7, 11) is 0. The largest absolute Gasteiger partial charge is 0.330 e. The van der Waals surface area contributed by atoms with Gasteiger partial charge in [-0.1, -0.05) is 6.07 Å². The molecule has 0 bridgehead atoms. The lowest BCUT2D eigenvalue weighted by molar-refractivity contribution is 0.532. The Kier molecular flexibility index (Phi) is 4.70. The standard InChI is InChI=1S/C13H17N3O2S/c1-2-15-7-5-12(17)16(13(15)18)8-6-14-10-11-4-3-9-19-11/h3-5,7,9,14H,2,6,8,10H2,1H3. The number of aryl methyl sites for hydroxylation is 1. The summed E-state index contributed by atoms with van der Waals surface area (Å²) in [5.74, 6) is 0. The van der Waals surface area contributed by atoms with Crippen molar-refractivity contribution < 1.29 is 0 Å². The molecule has 2 aromatic rings. The van der Waals surface area contributed by atoms with Gasteiger partial charge in [0.05, 0.1) is 0 Å². The zero-order chi connectivity index (χ0) is 13.7. The molecule has 0 amide bonds. The molecule has 2 aromatic heterocycles. The smallest absolute Gasteiger partial charge is 0.310 e. The monoisotopic (exact) mass is 279 g/mol. The van der Waals surface area contributed by atoms with E-state index in [4.69, 9.17) is 0 Å². The lowest BCUT2D eigenvalue weighted by Gasteiger charge is -2.08. The number of hydrogen-bond donors (Lipinski definition) is 1. The fourth-order valence-electron chi connectivity index (χ4n) is 1.82. The highest BCUT2D eigenvalue weighted by molar-refractivity contribution is 7.09. The molecule has 102 valence electrons. The van der Waals surface area contributed by atoms with Crippen LogP contribution in [0.1, 0.15) is 11.8 Å². The van der Waals surface area contributed by atoms with Crippen LogP contribution in [0.4, 0.5) is 0 Å². The van der Waals surface area contributed by atoms with Crippen LogP contribution in [0.2, 0.25) is 0 Å². The first-order valence-corrected chi connectivity index (χ1v) is 7.13. The summed E-state index contributed by atoms with van der Waals surface area (Å²) in [5, 5.41) is 5.26. The molecule has 0 radical (unpaired) electrons. The summed E-state index contributed by atoms with van der Waals surface area (Å²) in [5.41, 5.74) is -0.486. The molecule has 0 unspecified atom stereocenters. The SMILES string of the molecule is CCn1ccc(=O)n(CCNCc2cccs2)c1=O. The maximum atomic E-state index is 11.9. The molecule has 0 atom stereocenters. The molecule has 0 aliphatic rings. The van der Waals surface area contributed by atoms with Crippen molar-refractivity contribution in [2.75, 3.05) is 6.54 Å². The second kappa shape index (κ2) is 6.49. The van der Waals surface area contributed by atoms with Gasteiger partial charge in [-0.15, -0.1) is 11.3 Å². The molecule has 0 saturated heterocycles. The van der Waals surface area contributed by atoms with E-state index in [9.17, 15) is 9.59 Å². The predicted molar refractivity (Wildman–Crippen MR) is 76.7 cm³/mol. The van der Waals surface area contributed by atoms with Crippen LogP contribution in [-0.2, 0) is 19.6 Å². The zero-order valence-corrected chi connectivity index (χ0v) is 11.7. The quantitative estimate of drug-likeness (QED) is 0.799. The molecule has 1 N–H and O–H groups in total. The van der Waals surface area contributed by atoms with Gasteiger partial charge in [-0.3, -0.25) is 9.36 Å². The van der Waals surface area contributed by atoms with E-state index in [1.807, 2.05) is 18.4 Å². The van der Waals surface area contributed by atoms with Crippen molar-refractivity contribution in [2.45, 2.75) is 26.6 Å². The van der Waals surface area contributed by atoms with Gasteiger partial charge in [0.1, 0.15) is 0 Å². The molecule has 5 nitrogen and oxygen atoms in total. The van der Waals surface area contributed by atoms with E-state index in [2.05, 4.69) is 11.4 Å². The maximum absolute atomic E-state index is 11.9. The minimum Gasteiger partial charge on any atom is -0.310 e. The average Bonchev–Trinajstić information content (AvgIpc) is 2.91. The Balaban J connectivity index is 1.96. The van der Waals surface area contributed by atoms with Crippen molar-refractivity contribution in [2.24, 2.45) is 0 Å². The van der Waals surface area contributed by atoms with Crippen molar-refractivity contribution in [1.82, 2.24) is 14.5 Å². The molecule has 0 aliphatic carbocycles. The first-order chi connectivity index (χ1) is 9.22. The minimum atomic E-state index is -0.243. The van der Waals surface area contributed by atoms with Crippen molar-refractivity contribution >= 4 is 11.3 Å². The van der Waals surface area contributed by atoms with Gasteiger partial charge < -0.3 is 9.88 Å². The topological polar surface area (TPSA) is 56.0 Å². The maximum Gasteiger partial charge on any atom is 0.330 e. The summed E-state index contributed by atoms with van der Waals surface area (Å²) in [6, 6.07) is 5.49. The van der Waals surface area contributed by atoms with E-state index in [1.54, 1.807) is 17.5 Å². The normalized spacial score (nSPS) is 10.8.